The molecule has 14 heavy (non-hydrogen) atoms. The predicted molar refractivity (Wildman–Crippen MR) is 56.6 cm³/mol. The van der Waals surface area contributed by atoms with E-state index in [0.717, 1.165) is 24.2 Å². The molecule has 1 aliphatic carbocycles. The van der Waals surface area contributed by atoms with Gasteiger partial charge in [0.1, 0.15) is 5.75 Å². The van der Waals surface area contributed by atoms with Crippen molar-refractivity contribution in [3.8, 4) is 5.75 Å². The first kappa shape index (κ1) is 8.34. The van der Waals surface area contributed by atoms with Gasteiger partial charge < -0.3 is 4.74 Å². The van der Waals surface area contributed by atoms with Crippen LogP contribution in [0.3, 0.4) is 0 Å². The maximum atomic E-state index is 5.80. The summed E-state index contributed by atoms with van der Waals surface area (Å²) in [5.41, 5.74) is 1.79. The highest BCUT2D eigenvalue weighted by molar-refractivity contribution is 5.46. The molecule has 0 radical (unpaired) electrons. The molecule has 1 heteroatoms. The second-order valence-corrected chi connectivity index (χ2v) is 4.86. The molecule has 0 aromatic heterocycles. The van der Waals surface area contributed by atoms with Crippen LogP contribution in [-0.2, 0) is 5.41 Å². The SMILES string of the molecule is C[C@@H]1C[C@H](C)C12COc1ccccc12. The minimum atomic E-state index is 0.344. The number of fused-ring (bicyclic) bond motifs is 2. The van der Waals surface area contributed by atoms with E-state index in [0.29, 0.717) is 5.41 Å². The summed E-state index contributed by atoms with van der Waals surface area (Å²) in [6.45, 7) is 5.60. The van der Waals surface area contributed by atoms with E-state index in [9.17, 15) is 0 Å². The fourth-order valence-corrected chi connectivity index (χ4v) is 3.34. The van der Waals surface area contributed by atoms with Gasteiger partial charge in [-0.05, 0) is 24.3 Å². The summed E-state index contributed by atoms with van der Waals surface area (Å²) < 4.78 is 5.80. The zero-order chi connectivity index (χ0) is 9.76. The first-order chi connectivity index (χ1) is 6.75. The molecule has 2 aliphatic rings. The second kappa shape index (κ2) is 2.53. The van der Waals surface area contributed by atoms with Crippen molar-refractivity contribution in [2.75, 3.05) is 6.61 Å². The summed E-state index contributed by atoms with van der Waals surface area (Å²) in [5, 5.41) is 0. The van der Waals surface area contributed by atoms with Crippen molar-refractivity contribution in [1.29, 1.82) is 0 Å². The third kappa shape index (κ3) is 0.765. The lowest BCUT2D eigenvalue weighted by atomic mass is 9.52. The van der Waals surface area contributed by atoms with Gasteiger partial charge in [0.15, 0.2) is 0 Å². The first-order valence-corrected chi connectivity index (χ1v) is 5.47. The third-order valence-corrected chi connectivity index (χ3v) is 4.32. The lowest BCUT2D eigenvalue weighted by molar-refractivity contribution is 0.0308. The third-order valence-electron chi connectivity index (χ3n) is 4.32. The molecule has 0 bridgehead atoms. The standard InChI is InChI=1S/C13H16O/c1-9-7-10(2)13(9)8-14-12-6-4-3-5-11(12)13/h3-6,9-10H,7-8H2,1-2H3/t9-,10+,13?. The minimum Gasteiger partial charge on any atom is -0.492 e. The second-order valence-electron chi connectivity index (χ2n) is 4.86. The number of ether oxygens (including phenoxy) is 1. The molecule has 74 valence electrons. The Morgan fingerprint density at radius 2 is 1.93 bits per heavy atom. The topological polar surface area (TPSA) is 9.23 Å². The highest BCUT2D eigenvalue weighted by Crippen LogP contribution is 2.58. The lowest BCUT2D eigenvalue weighted by Gasteiger charge is -2.50. The van der Waals surface area contributed by atoms with Crippen LogP contribution in [0.1, 0.15) is 25.8 Å². The van der Waals surface area contributed by atoms with Crippen LogP contribution < -0.4 is 4.74 Å². The highest BCUT2D eigenvalue weighted by Gasteiger charge is 2.55. The van der Waals surface area contributed by atoms with E-state index >= 15 is 0 Å². The summed E-state index contributed by atoms with van der Waals surface area (Å²) in [4.78, 5) is 0. The van der Waals surface area contributed by atoms with Crippen molar-refractivity contribution in [2.45, 2.75) is 25.7 Å². The van der Waals surface area contributed by atoms with Crippen molar-refractivity contribution in [3.63, 3.8) is 0 Å². The van der Waals surface area contributed by atoms with Crippen molar-refractivity contribution in [3.05, 3.63) is 29.8 Å². The van der Waals surface area contributed by atoms with E-state index in [-0.39, 0.29) is 0 Å². The molecule has 1 heterocycles. The van der Waals surface area contributed by atoms with E-state index in [1.807, 2.05) is 0 Å². The van der Waals surface area contributed by atoms with Crippen molar-refractivity contribution in [2.24, 2.45) is 11.8 Å². The van der Waals surface area contributed by atoms with Gasteiger partial charge >= 0.3 is 0 Å². The Kier molecular flexibility index (Phi) is 1.51. The van der Waals surface area contributed by atoms with Crippen LogP contribution in [0, 0.1) is 11.8 Å². The van der Waals surface area contributed by atoms with Gasteiger partial charge in [-0.25, -0.2) is 0 Å². The van der Waals surface area contributed by atoms with Gasteiger partial charge in [0.25, 0.3) is 0 Å². The number of para-hydroxylation sites is 1. The Morgan fingerprint density at radius 3 is 2.64 bits per heavy atom. The molecule has 1 aromatic rings. The fraction of sp³-hybridized carbons (Fsp3) is 0.538. The smallest absolute Gasteiger partial charge is 0.123 e. The van der Waals surface area contributed by atoms with E-state index in [1.165, 1.54) is 12.0 Å². The van der Waals surface area contributed by atoms with Crippen LogP contribution in [0.2, 0.25) is 0 Å². The van der Waals surface area contributed by atoms with Crippen LogP contribution >= 0.6 is 0 Å². The van der Waals surface area contributed by atoms with Crippen molar-refractivity contribution in [1.82, 2.24) is 0 Å². The van der Waals surface area contributed by atoms with E-state index in [2.05, 4.69) is 38.1 Å². The van der Waals surface area contributed by atoms with Crippen molar-refractivity contribution < 1.29 is 4.74 Å². The monoisotopic (exact) mass is 188 g/mol. The molecular weight excluding hydrogens is 172 g/mol. The van der Waals surface area contributed by atoms with Gasteiger partial charge in [0, 0.05) is 11.0 Å². The molecule has 1 spiro atoms. The summed E-state index contributed by atoms with van der Waals surface area (Å²) in [7, 11) is 0. The Morgan fingerprint density at radius 1 is 1.21 bits per heavy atom. The van der Waals surface area contributed by atoms with Crippen LogP contribution in [0.25, 0.3) is 0 Å². The predicted octanol–water partition coefficient (Wildman–Crippen LogP) is 2.99. The Balaban J connectivity index is 2.13. The normalized spacial score (nSPS) is 39.0. The Hall–Kier alpha value is -0.980. The largest absolute Gasteiger partial charge is 0.492 e. The van der Waals surface area contributed by atoms with E-state index < -0.39 is 0 Å². The van der Waals surface area contributed by atoms with Gasteiger partial charge in [-0.2, -0.15) is 0 Å². The molecule has 1 aromatic carbocycles. The van der Waals surface area contributed by atoms with Gasteiger partial charge in [-0.1, -0.05) is 32.0 Å². The van der Waals surface area contributed by atoms with E-state index in [1.54, 1.807) is 0 Å². The number of benzene rings is 1. The summed E-state index contributed by atoms with van der Waals surface area (Å²) >= 11 is 0. The van der Waals surface area contributed by atoms with Gasteiger partial charge in [0.2, 0.25) is 0 Å². The highest BCUT2D eigenvalue weighted by atomic mass is 16.5. The molecule has 0 saturated heterocycles. The molecule has 0 N–H and O–H groups in total. The molecule has 3 atom stereocenters. The zero-order valence-electron chi connectivity index (χ0n) is 8.79. The van der Waals surface area contributed by atoms with Gasteiger partial charge in [0.05, 0.1) is 6.61 Å². The van der Waals surface area contributed by atoms with Crippen molar-refractivity contribution >= 4 is 0 Å². The number of rotatable bonds is 0. The summed E-state index contributed by atoms with van der Waals surface area (Å²) in [6, 6.07) is 8.54. The molecule has 1 aliphatic heterocycles. The van der Waals surface area contributed by atoms with Crippen LogP contribution in [-0.4, -0.2) is 6.61 Å². The zero-order valence-corrected chi connectivity index (χ0v) is 8.79. The Bertz CT molecular complexity index is 361. The summed E-state index contributed by atoms with van der Waals surface area (Å²) in [5.74, 6) is 2.67. The number of hydrogen-bond donors (Lipinski definition) is 0. The van der Waals surface area contributed by atoms with Crippen LogP contribution in [0.15, 0.2) is 24.3 Å². The van der Waals surface area contributed by atoms with Crippen LogP contribution in [0.4, 0.5) is 0 Å². The summed E-state index contributed by atoms with van der Waals surface area (Å²) in [6.07, 6.45) is 1.34. The van der Waals surface area contributed by atoms with Crippen LogP contribution in [0.5, 0.6) is 5.75 Å². The average Bonchev–Trinajstić information content (AvgIpc) is 2.60. The quantitative estimate of drug-likeness (QED) is 0.608. The average molecular weight is 188 g/mol. The lowest BCUT2D eigenvalue weighted by Crippen LogP contribution is -2.51. The molecular formula is C13H16O. The Labute approximate surface area is 85.1 Å². The van der Waals surface area contributed by atoms with E-state index in [4.69, 9.17) is 4.74 Å². The molecule has 1 saturated carbocycles. The van der Waals surface area contributed by atoms with Gasteiger partial charge in [-0.3, -0.25) is 0 Å². The maximum Gasteiger partial charge on any atom is 0.123 e. The molecule has 0 amide bonds. The molecule has 1 nitrogen and oxygen atoms in total. The maximum absolute atomic E-state index is 5.80. The fourth-order valence-electron chi connectivity index (χ4n) is 3.34. The van der Waals surface area contributed by atoms with Gasteiger partial charge in [-0.15, -0.1) is 0 Å². The number of hydrogen-bond acceptors (Lipinski definition) is 1. The molecule has 3 rings (SSSR count). The molecule has 1 fully saturated rings. The molecule has 1 unspecified atom stereocenters. The minimum absolute atomic E-state index is 0.344. The first-order valence-electron chi connectivity index (χ1n) is 5.47.